The summed E-state index contributed by atoms with van der Waals surface area (Å²) < 4.78 is 21.4. The molecule has 12 heteroatoms. The third-order valence-electron chi connectivity index (χ3n) is 7.32. The summed E-state index contributed by atoms with van der Waals surface area (Å²) >= 11 is 0. The first-order valence-electron chi connectivity index (χ1n) is 13.7. The van der Waals surface area contributed by atoms with Crippen molar-refractivity contribution in [2.45, 2.75) is 115 Å². The number of nitrogens with one attached hydrogen (secondary N) is 1. The van der Waals surface area contributed by atoms with Crippen LogP contribution in [0.25, 0.3) is 0 Å². The van der Waals surface area contributed by atoms with Crippen LogP contribution in [0.4, 0.5) is 0 Å². The lowest BCUT2D eigenvalue weighted by molar-refractivity contribution is -0.362. The van der Waals surface area contributed by atoms with Gasteiger partial charge in [-0.3, -0.25) is 14.4 Å². The van der Waals surface area contributed by atoms with E-state index in [4.69, 9.17) is 18.9 Å². The van der Waals surface area contributed by atoms with Crippen molar-refractivity contribution >= 4 is 17.8 Å². The molecule has 232 valence electrons. The molecule has 0 aromatic heterocycles. The number of rotatable bonds is 10. The van der Waals surface area contributed by atoms with E-state index in [2.05, 4.69) is 5.32 Å². The highest BCUT2D eigenvalue weighted by Gasteiger charge is 2.59. The second-order valence-corrected chi connectivity index (χ2v) is 11.2. The Morgan fingerprint density at radius 3 is 2.37 bits per heavy atom. The van der Waals surface area contributed by atoms with Crippen molar-refractivity contribution in [2.75, 3.05) is 6.61 Å². The Labute approximate surface area is 241 Å². The topological polar surface area (TPSA) is 181 Å². The molecule has 1 amide bonds. The summed E-state index contributed by atoms with van der Waals surface area (Å²) in [4.78, 5) is 34.6. The van der Waals surface area contributed by atoms with Gasteiger partial charge < -0.3 is 44.7 Å². The number of hydrogen-bond acceptors (Lipinski definition) is 11. The van der Waals surface area contributed by atoms with Crippen LogP contribution in [0.15, 0.2) is 36.0 Å². The van der Waals surface area contributed by atoms with E-state index in [1.807, 2.05) is 26.8 Å². The number of allylic oxidation sites excluding steroid dienone is 2. The zero-order valence-electron chi connectivity index (χ0n) is 24.8. The van der Waals surface area contributed by atoms with Gasteiger partial charge in [0.15, 0.2) is 11.4 Å². The summed E-state index contributed by atoms with van der Waals surface area (Å²) in [7, 11) is 0. The molecule has 0 spiro atoms. The van der Waals surface area contributed by atoms with E-state index in [0.29, 0.717) is 12.8 Å². The van der Waals surface area contributed by atoms with Gasteiger partial charge in [0.2, 0.25) is 5.91 Å². The maximum atomic E-state index is 12.3. The molecule has 12 nitrogen and oxygen atoms in total. The molecular weight excluding hydrogens is 538 g/mol. The summed E-state index contributed by atoms with van der Waals surface area (Å²) in [6.45, 7) is 10.3. The first-order chi connectivity index (χ1) is 19.0. The van der Waals surface area contributed by atoms with Crippen LogP contribution in [-0.2, 0) is 33.3 Å². The van der Waals surface area contributed by atoms with Gasteiger partial charge in [-0.1, -0.05) is 30.7 Å². The van der Waals surface area contributed by atoms with Gasteiger partial charge in [0, 0.05) is 19.9 Å². The van der Waals surface area contributed by atoms with Gasteiger partial charge in [0.25, 0.3) is 0 Å². The molecule has 0 aromatic carbocycles. The molecule has 10 atom stereocenters. The molecule has 2 saturated heterocycles. The smallest absolute Gasteiger partial charge is 0.303 e. The van der Waals surface area contributed by atoms with Crippen LogP contribution < -0.4 is 5.32 Å². The lowest BCUT2D eigenvalue weighted by Crippen LogP contribution is -2.72. The highest BCUT2D eigenvalue weighted by Crippen LogP contribution is 2.36. The normalized spacial score (nSPS) is 37.1. The molecule has 2 rings (SSSR count). The fourth-order valence-electron chi connectivity index (χ4n) is 4.92. The second kappa shape index (κ2) is 14.5. The van der Waals surface area contributed by atoms with Crippen LogP contribution >= 0.6 is 0 Å². The SMILES string of the molecule is CC(=O)OCC1(O)C(O)C(C=CC(C)=CCC2OC(C)C(NC(=O)C=CC(C)OC(C)=O)CC2C)OC(C)(O)C1O. The highest BCUT2D eigenvalue weighted by molar-refractivity contribution is 5.87. The van der Waals surface area contributed by atoms with Gasteiger partial charge in [-0.05, 0) is 52.5 Å². The van der Waals surface area contributed by atoms with E-state index in [-0.39, 0.29) is 30.1 Å². The fourth-order valence-corrected chi connectivity index (χ4v) is 4.92. The zero-order valence-corrected chi connectivity index (χ0v) is 24.8. The van der Waals surface area contributed by atoms with Gasteiger partial charge in [0.1, 0.15) is 31.0 Å². The average molecular weight is 584 g/mol. The number of hydrogen-bond donors (Lipinski definition) is 5. The average Bonchev–Trinajstić information content (AvgIpc) is 2.87. The molecule has 41 heavy (non-hydrogen) atoms. The Kier molecular flexibility index (Phi) is 12.3. The number of esters is 2. The monoisotopic (exact) mass is 583 g/mol. The quantitative estimate of drug-likeness (QED) is 0.139. The van der Waals surface area contributed by atoms with Gasteiger partial charge >= 0.3 is 11.9 Å². The summed E-state index contributed by atoms with van der Waals surface area (Å²) in [5.74, 6) is -3.53. The molecule has 0 saturated carbocycles. The Hall–Kier alpha value is -2.61. The number of amides is 1. The lowest BCUT2D eigenvalue weighted by atomic mass is 9.80. The maximum Gasteiger partial charge on any atom is 0.303 e. The maximum absolute atomic E-state index is 12.3. The molecule has 2 heterocycles. The molecule has 2 aliphatic rings. The predicted molar refractivity (Wildman–Crippen MR) is 147 cm³/mol. The van der Waals surface area contributed by atoms with Crippen LogP contribution in [0, 0.1) is 5.92 Å². The van der Waals surface area contributed by atoms with Gasteiger partial charge in [-0.25, -0.2) is 0 Å². The standard InChI is InChI=1S/C29H45NO11/c1-16(9-12-24-26(34)29(37,15-38-20(5)31)27(35)28(7,36)41-24)8-11-23-17(2)14-22(19(4)40-23)30-25(33)13-10-18(3)39-21(6)32/h8-10,12-13,17-19,22-24,26-27,34-37H,11,14-15H2,1-7H3,(H,30,33). The molecule has 10 unspecified atom stereocenters. The molecular formula is C29H45NO11. The van der Waals surface area contributed by atoms with Crippen LogP contribution in [-0.4, -0.2) is 98.9 Å². The van der Waals surface area contributed by atoms with Crippen molar-refractivity contribution in [3.8, 4) is 0 Å². The molecule has 0 radical (unpaired) electrons. The van der Waals surface area contributed by atoms with Crippen molar-refractivity contribution in [3.63, 3.8) is 0 Å². The third kappa shape index (κ3) is 9.73. The summed E-state index contributed by atoms with van der Waals surface area (Å²) in [5, 5.41) is 45.4. The van der Waals surface area contributed by atoms with Crippen molar-refractivity contribution in [2.24, 2.45) is 5.92 Å². The van der Waals surface area contributed by atoms with Crippen molar-refractivity contribution in [1.82, 2.24) is 5.32 Å². The van der Waals surface area contributed by atoms with Crippen molar-refractivity contribution in [3.05, 3.63) is 36.0 Å². The molecule has 2 aliphatic heterocycles. The lowest BCUT2D eigenvalue weighted by Gasteiger charge is -2.50. The number of ether oxygens (including phenoxy) is 4. The summed E-state index contributed by atoms with van der Waals surface area (Å²) in [5.41, 5.74) is -1.56. The molecule has 2 fully saturated rings. The Bertz CT molecular complexity index is 1020. The largest absolute Gasteiger partial charge is 0.463 e. The van der Waals surface area contributed by atoms with Crippen LogP contribution in [0.3, 0.4) is 0 Å². The number of aliphatic hydroxyl groups excluding tert-OH is 2. The molecule has 0 aliphatic carbocycles. The molecule has 5 N–H and O–H groups in total. The minimum Gasteiger partial charge on any atom is -0.463 e. The van der Waals surface area contributed by atoms with E-state index >= 15 is 0 Å². The first kappa shape index (κ1) is 34.6. The van der Waals surface area contributed by atoms with E-state index in [1.165, 1.54) is 25.2 Å². The minimum absolute atomic E-state index is 0.109. The third-order valence-corrected chi connectivity index (χ3v) is 7.32. The predicted octanol–water partition coefficient (Wildman–Crippen LogP) is 0.808. The van der Waals surface area contributed by atoms with Crippen LogP contribution in [0.2, 0.25) is 0 Å². The van der Waals surface area contributed by atoms with E-state index in [1.54, 1.807) is 13.0 Å². The van der Waals surface area contributed by atoms with Gasteiger partial charge in [0.05, 0.1) is 18.2 Å². The van der Waals surface area contributed by atoms with Gasteiger partial charge in [-0.2, -0.15) is 0 Å². The minimum atomic E-state index is -2.36. The van der Waals surface area contributed by atoms with Crippen LogP contribution in [0.5, 0.6) is 0 Å². The second-order valence-electron chi connectivity index (χ2n) is 11.2. The van der Waals surface area contributed by atoms with E-state index in [0.717, 1.165) is 19.4 Å². The Morgan fingerprint density at radius 1 is 1.10 bits per heavy atom. The summed E-state index contributed by atoms with van der Waals surface area (Å²) in [6.07, 6.45) is 3.47. The van der Waals surface area contributed by atoms with E-state index in [9.17, 15) is 34.8 Å². The Morgan fingerprint density at radius 2 is 1.76 bits per heavy atom. The highest BCUT2D eigenvalue weighted by atomic mass is 16.7. The van der Waals surface area contributed by atoms with Crippen molar-refractivity contribution < 1.29 is 53.8 Å². The zero-order chi connectivity index (χ0) is 31.1. The fraction of sp³-hybridized carbons (Fsp3) is 0.690. The van der Waals surface area contributed by atoms with Crippen LogP contribution in [0.1, 0.15) is 61.3 Å². The molecule has 0 aromatic rings. The summed E-state index contributed by atoms with van der Waals surface area (Å²) in [6, 6.07) is -0.189. The number of aliphatic hydroxyl groups is 4. The van der Waals surface area contributed by atoms with Gasteiger partial charge in [-0.15, -0.1) is 0 Å². The van der Waals surface area contributed by atoms with E-state index < -0.39 is 54.3 Å². The first-order valence-corrected chi connectivity index (χ1v) is 13.7. The number of carbonyl (C=O) groups excluding carboxylic acids is 3. The number of carbonyl (C=O) groups is 3. The molecule has 0 bridgehead atoms. The Balaban J connectivity index is 1.97. The van der Waals surface area contributed by atoms with Crippen molar-refractivity contribution in [1.29, 1.82) is 0 Å².